The van der Waals surface area contributed by atoms with Crippen LogP contribution in [-0.4, -0.2) is 31.4 Å². The summed E-state index contributed by atoms with van der Waals surface area (Å²) < 4.78 is 40.9. The molecule has 1 heterocycles. The Morgan fingerprint density at radius 3 is 2.50 bits per heavy atom. The van der Waals surface area contributed by atoms with Crippen LogP contribution in [0.4, 0.5) is 11.5 Å². The largest absolute Gasteiger partial charge is 0.490 e. The molecule has 156 valence electrons. The first-order valence-electron chi connectivity index (χ1n) is 9.16. The van der Waals surface area contributed by atoms with Crippen molar-refractivity contribution in [2.75, 3.05) is 23.7 Å². The summed E-state index contributed by atoms with van der Waals surface area (Å²) in [7, 11) is -3.96. The number of hydrogen-bond donors (Lipinski definition) is 2. The maximum atomic E-state index is 13.0. The second kappa shape index (κ2) is 8.75. The van der Waals surface area contributed by atoms with Gasteiger partial charge in [0, 0.05) is 6.07 Å². The van der Waals surface area contributed by atoms with Gasteiger partial charge in [0.05, 0.1) is 35.7 Å². The Morgan fingerprint density at radius 2 is 1.83 bits per heavy atom. The summed E-state index contributed by atoms with van der Waals surface area (Å²) in [6, 6.07) is 13.0. The molecule has 0 amide bonds. The number of nitrogens with two attached hydrogens (primary N) is 1. The highest BCUT2D eigenvalue weighted by atomic mass is 32.2. The normalized spacial score (nSPS) is 11.0. The van der Waals surface area contributed by atoms with Crippen LogP contribution in [0, 0.1) is 11.3 Å². The highest BCUT2D eigenvalue weighted by Crippen LogP contribution is 2.32. The van der Waals surface area contributed by atoms with Crippen LogP contribution in [0.1, 0.15) is 19.4 Å². The molecule has 10 heteroatoms. The Balaban J connectivity index is 2.00. The van der Waals surface area contributed by atoms with Crippen molar-refractivity contribution in [3.8, 4) is 23.3 Å². The van der Waals surface area contributed by atoms with E-state index < -0.39 is 10.0 Å². The lowest BCUT2D eigenvalue weighted by molar-refractivity contribution is 0.287. The fourth-order valence-corrected chi connectivity index (χ4v) is 3.87. The van der Waals surface area contributed by atoms with Crippen molar-refractivity contribution >= 4 is 21.5 Å². The minimum absolute atomic E-state index is 0.00959. The third-order valence-corrected chi connectivity index (χ3v) is 5.49. The van der Waals surface area contributed by atoms with Gasteiger partial charge >= 0.3 is 0 Å². The fraction of sp³-hybridized carbons (Fsp3) is 0.200. The van der Waals surface area contributed by atoms with E-state index in [1.54, 1.807) is 37.3 Å². The lowest BCUT2D eigenvalue weighted by Gasteiger charge is -2.15. The van der Waals surface area contributed by atoms with Crippen molar-refractivity contribution in [2.24, 2.45) is 0 Å². The molecule has 2 aromatic carbocycles. The Morgan fingerprint density at radius 1 is 1.13 bits per heavy atom. The van der Waals surface area contributed by atoms with Crippen LogP contribution in [0.3, 0.4) is 0 Å². The van der Waals surface area contributed by atoms with Gasteiger partial charge in [0.15, 0.2) is 11.5 Å². The number of nitrogens with one attached hydrogen (secondary N) is 1. The minimum atomic E-state index is -3.96. The zero-order chi connectivity index (χ0) is 21.7. The van der Waals surface area contributed by atoms with Crippen molar-refractivity contribution in [1.29, 1.82) is 5.26 Å². The second-order valence-electron chi connectivity index (χ2n) is 6.06. The zero-order valence-electron chi connectivity index (χ0n) is 16.5. The molecular weight excluding hydrogens is 406 g/mol. The van der Waals surface area contributed by atoms with Crippen molar-refractivity contribution in [2.45, 2.75) is 18.7 Å². The summed E-state index contributed by atoms with van der Waals surface area (Å²) in [4.78, 5) is 0.00959. The number of nitrogen functional groups attached to an aromatic ring is 1. The monoisotopic (exact) mass is 427 g/mol. The first kappa shape index (κ1) is 21.0. The van der Waals surface area contributed by atoms with Gasteiger partial charge in [-0.15, -0.1) is 0 Å². The first-order chi connectivity index (χ1) is 14.4. The molecule has 0 fully saturated rings. The summed E-state index contributed by atoms with van der Waals surface area (Å²) in [6.07, 6.45) is 1.32. The lowest BCUT2D eigenvalue weighted by Crippen LogP contribution is -2.16. The molecule has 0 radical (unpaired) electrons. The van der Waals surface area contributed by atoms with E-state index in [0.29, 0.717) is 30.4 Å². The van der Waals surface area contributed by atoms with Crippen LogP contribution in [0.2, 0.25) is 0 Å². The molecule has 9 nitrogen and oxygen atoms in total. The first-order valence-corrected chi connectivity index (χ1v) is 10.6. The number of ether oxygens (including phenoxy) is 2. The molecule has 3 aromatic rings. The van der Waals surface area contributed by atoms with E-state index in [9.17, 15) is 8.42 Å². The second-order valence-corrected chi connectivity index (χ2v) is 7.75. The Labute approximate surface area is 174 Å². The summed E-state index contributed by atoms with van der Waals surface area (Å²) in [5, 5.41) is 13.2. The number of nitriles is 1. The molecule has 0 atom stereocenters. The van der Waals surface area contributed by atoms with Crippen LogP contribution < -0.4 is 19.9 Å². The third kappa shape index (κ3) is 4.16. The number of rotatable bonds is 8. The quantitative estimate of drug-likeness (QED) is 0.565. The summed E-state index contributed by atoms with van der Waals surface area (Å²) in [6.45, 7) is 4.42. The van der Waals surface area contributed by atoms with Crippen molar-refractivity contribution in [3.05, 3.63) is 54.2 Å². The third-order valence-electron chi connectivity index (χ3n) is 4.13. The topological polar surface area (TPSA) is 132 Å². The van der Waals surface area contributed by atoms with Gasteiger partial charge in [-0.05, 0) is 38.1 Å². The predicted molar refractivity (Wildman–Crippen MR) is 112 cm³/mol. The van der Waals surface area contributed by atoms with Crippen LogP contribution in [0.25, 0.3) is 5.69 Å². The van der Waals surface area contributed by atoms with E-state index in [-0.39, 0.29) is 22.0 Å². The smallest absolute Gasteiger partial charge is 0.262 e. The standard InChI is InChI=1S/C20H21N5O4S/c1-3-28-18-10-9-15(11-19(18)29-4-2)30(26,27)24-16-7-5-6-8-17(16)25-20(22)14(12-21)13-23-25/h5-11,13,24H,3-4,22H2,1-2H3. The van der Waals surface area contributed by atoms with Crippen LogP contribution >= 0.6 is 0 Å². The summed E-state index contributed by atoms with van der Waals surface area (Å²) >= 11 is 0. The maximum Gasteiger partial charge on any atom is 0.262 e. The molecule has 30 heavy (non-hydrogen) atoms. The molecule has 0 unspecified atom stereocenters. The Bertz CT molecular complexity index is 1200. The summed E-state index contributed by atoms with van der Waals surface area (Å²) in [5.74, 6) is 0.918. The van der Waals surface area contributed by atoms with Gasteiger partial charge in [-0.2, -0.15) is 10.4 Å². The Hall–Kier alpha value is -3.71. The van der Waals surface area contributed by atoms with Crippen molar-refractivity contribution in [1.82, 2.24) is 9.78 Å². The number of anilines is 2. The van der Waals surface area contributed by atoms with Crippen LogP contribution in [0.5, 0.6) is 11.5 Å². The summed E-state index contributed by atoms with van der Waals surface area (Å²) in [5.41, 5.74) is 6.79. The minimum Gasteiger partial charge on any atom is -0.490 e. The van der Waals surface area contributed by atoms with Crippen LogP contribution in [0.15, 0.2) is 53.6 Å². The van der Waals surface area contributed by atoms with E-state index in [0.717, 1.165) is 0 Å². The molecule has 0 aliphatic carbocycles. The predicted octanol–water partition coefficient (Wildman–Crippen LogP) is 2.92. The molecule has 3 rings (SSSR count). The number of hydrogen-bond acceptors (Lipinski definition) is 7. The molecule has 0 saturated heterocycles. The maximum absolute atomic E-state index is 13.0. The molecular formula is C20H21N5O4S. The molecule has 0 bridgehead atoms. The molecule has 0 saturated carbocycles. The van der Waals surface area contributed by atoms with E-state index in [1.807, 2.05) is 13.0 Å². The average molecular weight is 427 g/mol. The number of aromatic nitrogens is 2. The molecule has 0 aliphatic rings. The zero-order valence-corrected chi connectivity index (χ0v) is 17.3. The van der Waals surface area contributed by atoms with E-state index >= 15 is 0 Å². The van der Waals surface area contributed by atoms with Gasteiger partial charge in [-0.3, -0.25) is 4.72 Å². The molecule has 1 aromatic heterocycles. The number of sulfonamides is 1. The van der Waals surface area contributed by atoms with Gasteiger partial charge in [0.1, 0.15) is 17.5 Å². The molecule has 0 aliphatic heterocycles. The number of para-hydroxylation sites is 2. The van der Waals surface area contributed by atoms with Gasteiger partial charge in [-0.25, -0.2) is 13.1 Å². The lowest BCUT2D eigenvalue weighted by atomic mass is 10.2. The highest BCUT2D eigenvalue weighted by molar-refractivity contribution is 7.92. The van der Waals surface area contributed by atoms with Gasteiger partial charge in [0.25, 0.3) is 10.0 Å². The highest BCUT2D eigenvalue weighted by Gasteiger charge is 2.20. The Kier molecular flexibility index (Phi) is 6.13. The van der Waals surface area contributed by atoms with E-state index in [2.05, 4.69) is 9.82 Å². The van der Waals surface area contributed by atoms with E-state index in [4.69, 9.17) is 20.5 Å². The molecule has 0 spiro atoms. The van der Waals surface area contributed by atoms with Crippen LogP contribution in [-0.2, 0) is 10.0 Å². The van der Waals surface area contributed by atoms with Gasteiger partial charge in [-0.1, -0.05) is 12.1 Å². The number of benzene rings is 2. The van der Waals surface area contributed by atoms with Crippen molar-refractivity contribution in [3.63, 3.8) is 0 Å². The SMILES string of the molecule is CCOc1ccc(S(=O)(=O)Nc2ccccc2-n2ncc(C#N)c2N)cc1OCC. The van der Waals surface area contributed by atoms with Crippen molar-refractivity contribution < 1.29 is 17.9 Å². The van der Waals surface area contributed by atoms with E-state index in [1.165, 1.54) is 23.0 Å². The number of nitrogens with zero attached hydrogens (tertiary/aromatic N) is 3. The average Bonchev–Trinajstić information content (AvgIpc) is 3.10. The molecule has 3 N–H and O–H groups in total. The van der Waals surface area contributed by atoms with Gasteiger partial charge in [0.2, 0.25) is 0 Å². The fourth-order valence-electron chi connectivity index (χ4n) is 2.78. The van der Waals surface area contributed by atoms with Gasteiger partial charge < -0.3 is 15.2 Å².